The molecular weight excluding hydrogens is 370 g/mol. The van der Waals surface area contributed by atoms with Gasteiger partial charge < -0.3 is 30.2 Å². The number of hydrogen-bond donors (Lipinski definition) is 3. The van der Waals surface area contributed by atoms with E-state index in [0.717, 1.165) is 30.8 Å². The van der Waals surface area contributed by atoms with E-state index in [2.05, 4.69) is 41.6 Å². The maximum absolute atomic E-state index is 12.4. The van der Waals surface area contributed by atoms with Gasteiger partial charge in [0.15, 0.2) is 0 Å². The molecule has 1 atom stereocenters. The van der Waals surface area contributed by atoms with Gasteiger partial charge in [0.05, 0.1) is 26.1 Å². The number of amides is 2. The number of nitrogens with one attached hydrogen (secondary N) is 3. The molecule has 0 saturated carbocycles. The SMILES string of the molecule is C=C(OCC)C(C/C=C/CNCC)CNC(=O)Nc1ccc(OC)c(COC)c1. The number of hydrogen-bond acceptors (Lipinski definition) is 5. The summed E-state index contributed by atoms with van der Waals surface area (Å²) in [6.07, 6.45) is 4.90. The fourth-order valence-corrected chi connectivity index (χ4v) is 2.72. The summed E-state index contributed by atoms with van der Waals surface area (Å²) in [7, 11) is 3.22. The first-order chi connectivity index (χ1) is 14.0. The van der Waals surface area contributed by atoms with Crippen LogP contribution in [0.15, 0.2) is 42.7 Å². The largest absolute Gasteiger partial charge is 0.498 e. The smallest absolute Gasteiger partial charge is 0.319 e. The molecule has 0 fully saturated rings. The molecule has 0 aliphatic heterocycles. The van der Waals surface area contributed by atoms with Gasteiger partial charge in [0.25, 0.3) is 0 Å². The van der Waals surface area contributed by atoms with Gasteiger partial charge in [-0.05, 0) is 38.1 Å². The van der Waals surface area contributed by atoms with Crippen LogP contribution in [-0.2, 0) is 16.1 Å². The summed E-state index contributed by atoms with van der Waals surface area (Å²) in [5.74, 6) is 1.39. The van der Waals surface area contributed by atoms with Gasteiger partial charge in [-0.1, -0.05) is 25.7 Å². The van der Waals surface area contributed by atoms with Crippen LogP contribution >= 0.6 is 0 Å². The fraction of sp³-hybridized carbons (Fsp3) is 0.500. The van der Waals surface area contributed by atoms with Crippen molar-refractivity contribution in [2.24, 2.45) is 5.92 Å². The molecule has 0 aliphatic rings. The normalized spacial score (nSPS) is 11.9. The maximum atomic E-state index is 12.4. The van der Waals surface area contributed by atoms with Crippen LogP contribution in [0.25, 0.3) is 0 Å². The van der Waals surface area contributed by atoms with Gasteiger partial charge in [-0.15, -0.1) is 0 Å². The number of urea groups is 1. The first-order valence-electron chi connectivity index (χ1n) is 9.93. The molecular formula is C22H35N3O4. The fourth-order valence-electron chi connectivity index (χ4n) is 2.72. The van der Waals surface area contributed by atoms with E-state index in [4.69, 9.17) is 14.2 Å². The molecule has 1 aromatic carbocycles. The van der Waals surface area contributed by atoms with Crippen LogP contribution in [0, 0.1) is 5.92 Å². The molecule has 0 saturated heterocycles. The van der Waals surface area contributed by atoms with E-state index in [9.17, 15) is 4.79 Å². The Morgan fingerprint density at radius 1 is 1.24 bits per heavy atom. The lowest BCUT2D eigenvalue weighted by atomic mass is 10.0. The van der Waals surface area contributed by atoms with Crippen LogP contribution in [-0.4, -0.2) is 46.5 Å². The van der Waals surface area contributed by atoms with Gasteiger partial charge in [0.2, 0.25) is 0 Å². The highest BCUT2D eigenvalue weighted by atomic mass is 16.5. The second-order valence-corrected chi connectivity index (χ2v) is 6.41. The lowest BCUT2D eigenvalue weighted by Gasteiger charge is -2.19. The molecule has 1 aromatic rings. The van der Waals surface area contributed by atoms with E-state index in [0.29, 0.717) is 31.2 Å². The maximum Gasteiger partial charge on any atom is 0.319 e. The number of ether oxygens (including phenoxy) is 3. The van der Waals surface area contributed by atoms with Gasteiger partial charge in [0.1, 0.15) is 5.75 Å². The highest BCUT2D eigenvalue weighted by Gasteiger charge is 2.14. The molecule has 7 heteroatoms. The number of likely N-dealkylation sites (N-methyl/N-ethyl adjacent to an activating group) is 1. The molecule has 0 bridgehead atoms. The number of carbonyl (C=O) groups is 1. The average molecular weight is 406 g/mol. The molecule has 162 valence electrons. The van der Waals surface area contributed by atoms with Crippen LogP contribution in [0.3, 0.4) is 0 Å². The topological polar surface area (TPSA) is 80.9 Å². The van der Waals surface area contributed by atoms with E-state index >= 15 is 0 Å². The third-order valence-electron chi connectivity index (χ3n) is 4.23. The van der Waals surface area contributed by atoms with Crippen molar-refractivity contribution in [3.05, 3.63) is 48.3 Å². The van der Waals surface area contributed by atoms with E-state index in [1.54, 1.807) is 26.4 Å². The number of carbonyl (C=O) groups excluding carboxylic acids is 1. The number of allylic oxidation sites excluding steroid dienone is 1. The predicted molar refractivity (Wildman–Crippen MR) is 117 cm³/mol. The Balaban J connectivity index is 2.64. The summed E-state index contributed by atoms with van der Waals surface area (Å²) >= 11 is 0. The summed E-state index contributed by atoms with van der Waals surface area (Å²) < 4.78 is 16.0. The lowest BCUT2D eigenvalue weighted by molar-refractivity contribution is 0.181. The highest BCUT2D eigenvalue weighted by molar-refractivity contribution is 5.89. The van der Waals surface area contributed by atoms with Gasteiger partial charge in [-0.3, -0.25) is 0 Å². The van der Waals surface area contributed by atoms with Crippen LogP contribution in [0.5, 0.6) is 5.75 Å². The summed E-state index contributed by atoms with van der Waals surface area (Å²) in [5, 5.41) is 8.98. The zero-order chi connectivity index (χ0) is 21.5. The average Bonchev–Trinajstić information content (AvgIpc) is 2.70. The Morgan fingerprint density at radius 2 is 2.03 bits per heavy atom. The zero-order valence-electron chi connectivity index (χ0n) is 18.0. The van der Waals surface area contributed by atoms with Crippen LogP contribution in [0.4, 0.5) is 10.5 Å². The summed E-state index contributed by atoms with van der Waals surface area (Å²) in [5.41, 5.74) is 1.53. The third kappa shape index (κ3) is 9.49. The molecule has 0 radical (unpaired) electrons. The molecule has 2 amide bonds. The van der Waals surface area contributed by atoms with Crippen molar-refractivity contribution in [3.8, 4) is 5.75 Å². The minimum absolute atomic E-state index is 0.00139. The van der Waals surface area contributed by atoms with Crippen molar-refractivity contribution < 1.29 is 19.0 Å². The van der Waals surface area contributed by atoms with Crippen molar-refractivity contribution >= 4 is 11.7 Å². The van der Waals surface area contributed by atoms with Gasteiger partial charge in [-0.2, -0.15) is 0 Å². The number of rotatable bonds is 14. The molecule has 0 spiro atoms. The molecule has 0 aromatic heterocycles. The second kappa shape index (κ2) is 14.5. The van der Waals surface area contributed by atoms with Crippen molar-refractivity contribution in [1.82, 2.24) is 10.6 Å². The van der Waals surface area contributed by atoms with E-state index < -0.39 is 0 Å². The van der Waals surface area contributed by atoms with Crippen LogP contribution in [0.2, 0.25) is 0 Å². The van der Waals surface area contributed by atoms with Gasteiger partial charge in [0, 0.05) is 37.4 Å². The molecule has 7 nitrogen and oxygen atoms in total. The van der Waals surface area contributed by atoms with Crippen molar-refractivity contribution in [2.45, 2.75) is 26.9 Å². The molecule has 0 aliphatic carbocycles. The standard InChI is InChI=1S/C22H35N3O4/c1-6-23-13-9-8-10-18(17(3)29-7-2)15-24-22(26)25-20-11-12-21(28-5)19(14-20)16-27-4/h8-9,11-12,14,18,23H,3,6-7,10,13,15-16H2,1-2,4-5H3,(H2,24,25,26)/b9-8+. The number of methoxy groups -OCH3 is 2. The summed E-state index contributed by atoms with van der Waals surface area (Å²) in [6.45, 7) is 11.1. The van der Waals surface area contributed by atoms with Gasteiger partial charge in [-0.25, -0.2) is 4.79 Å². The second-order valence-electron chi connectivity index (χ2n) is 6.41. The Morgan fingerprint density at radius 3 is 2.69 bits per heavy atom. The monoisotopic (exact) mass is 405 g/mol. The van der Waals surface area contributed by atoms with E-state index in [1.165, 1.54) is 0 Å². The van der Waals surface area contributed by atoms with E-state index in [-0.39, 0.29) is 11.9 Å². The first kappa shape index (κ1) is 24.5. The van der Waals surface area contributed by atoms with E-state index in [1.807, 2.05) is 13.0 Å². The quantitative estimate of drug-likeness (QED) is 0.250. The predicted octanol–water partition coefficient (Wildman–Crippen LogP) is 3.69. The number of benzene rings is 1. The van der Waals surface area contributed by atoms with Gasteiger partial charge >= 0.3 is 6.03 Å². The minimum atomic E-state index is -0.288. The first-order valence-corrected chi connectivity index (χ1v) is 9.93. The van der Waals surface area contributed by atoms with Crippen molar-refractivity contribution in [3.63, 3.8) is 0 Å². The molecule has 1 unspecified atom stereocenters. The number of anilines is 1. The molecule has 3 N–H and O–H groups in total. The lowest BCUT2D eigenvalue weighted by Crippen LogP contribution is -2.33. The molecule has 0 heterocycles. The Hall–Kier alpha value is -2.51. The minimum Gasteiger partial charge on any atom is -0.498 e. The zero-order valence-corrected chi connectivity index (χ0v) is 18.0. The highest BCUT2D eigenvalue weighted by Crippen LogP contribution is 2.23. The molecule has 29 heavy (non-hydrogen) atoms. The summed E-state index contributed by atoms with van der Waals surface area (Å²) in [4.78, 5) is 12.4. The molecule has 1 rings (SSSR count). The Bertz CT molecular complexity index is 661. The van der Waals surface area contributed by atoms with Crippen LogP contribution < -0.4 is 20.7 Å². The van der Waals surface area contributed by atoms with Crippen molar-refractivity contribution in [2.75, 3.05) is 45.8 Å². The Labute approximate surface area is 174 Å². The van der Waals surface area contributed by atoms with Crippen molar-refractivity contribution in [1.29, 1.82) is 0 Å². The Kier molecular flexibility index (Phi) is 12.2. The van der Waals surface area contributed by atoms with Crippen LogP contribution in [0.1, 0.15) is 25.8 Å². The third-order valence-corrected chi connectivity index (χ3v) is 4.23. The summed E-state index contributed by atoms with van der Waals surface area (Å²) in [6, 6.07) is 5.14.